The molecule has 0 aliphatic carbocycles. The van der Waals surface area contributed by atoms with Crippen molar-refractivity contribution >= 4 is 15.7 Å². The van der Waals surface area contributed by atoms with Gasteiger partial charge in [0.15, 0.2) is 5.82 Å². The fourth-order valence-electron chi connectivity index (χ4n) is 1.23. The first-order chi connectivity index (χ1) is 8.62. The zero-order valence-corrected chi connectivity index (χ0v) is 9.98. The minimum atomic E-state index is -3.60. The Labute approximate surface area is 103 Å². The molecule has 0 fully saturated rings. The van der Waals surface area contributed by atoms with E-state index in [4.69, 9.17) is 5.84 Å². The molecule has 9 nitrogen and oxygen atoms in total. The van der Waals surface area contributed by atoms with Gasteiger partial charge in [-0.3, -0.25) is 5.84 Å². The molecule has 10 heteroatoms. The Kier molecular flexibility index (Phi) is 3.50. The van der Waals surface area contributed by atoms with Crippen LogP contribution in [-0.2, 0) is 16.6 Å². The van der Waals surface area contributed by atoms with Crippen LogP contribution in [0.3, 0.4) is 0 Å². The number of nitrogens with zero attached hydrogens (tertiary/aromatic N) is 3. The van der Waals surface area contributed by atoms with Crippen LogP contribution in [0.1, 0.15) is 5.82 Å². The van der Waals surface area contributed by atoms with Crippen LogP contribution in [0.4, 0.5) is 5.69 Å². The van der Waals surface area contributed by atoms with E-state index in [0.29, 0.717) is 5.69 Å². The summed E-state index contributed by atoms with van der Waals surface area (Å²) in [5.74, 6) is 5.45. The number of nitrogens with two attached hydrogens (primary N) is 1. The molecule has 1 heterocycles. The van der Waals surface area contributed by atoms with E-state index in [0.717, 1.165) is 0 Å². The highest BCUT2D eigenvalue weighted by Gasteiger charge is 2.14. The molecule has 0 amide bonds. The van der Waals surface area contributed by atoms with Crippen molar-refractivity contribution in [2.45, 2.75) is 11.4 Å². The van der Waals surface area contributed by atoms with Gasteiger partial charge in [-0.2, -0.15) is 5.21 Å². The quantitative estimate of drug-likeness (QED) is 0.402. The Morgan fingerprint density at radius 3 is 2.56 bits per heavy atom. The molecule has 0 radical (unpaired) electrons. The van der Waals surface area contributed by atoms with Gasteiger partial charge in [-0.25, -0.2) is 13.1 Å². The van der Waals surface area contributed by atoms with Crippen molar-refractivity contribution in [3.05, 3.63) is 30.1 Å². The zero-order chi connectivity index (χ0) is 13.0. The number of hydrogen-bond donors (Lipinski definition) is 4. The summed E-state index contributed by atoms with van der Waals surface area (Å²) >= 11 is 0. The van der Waals surface area contributed by atoms with Crippen LogP contribution < -0.4 is 16.0 Å². The normalized spacial score (nSPS) is 11.4. The van der Waals surface area contributed by atoms with Gasteiger partial charge in [-0.05, 0) is 24.3 Å². The number of rotatable bonds is 5. The molecular formula is C8H11N7O2S. The van der Waals surface area contributed by atoms with Gasteiger partial charge in [0, 0.05) is 5.69 Å². The molecule has 96 valence electrons. The van der Waals surface area contributed by atoms with Gasteiger partial charge < -0.3 is 5.43 Å². The number of hydrazine groups is 1. The topological polar surface area (TPSA) is 139 Å². The minimum Gasteiger partial charge on any atom is -0.324 e. The first-order valence-electron chi connectivity index (χ1n) is 4.90. The second-order valence-electron chi connectivity index (χ2n) is 3.32. The van der Waals surface area contributed by atoms with Crippen molar-refractivity contribution in [2.75, 3.05) is 5.43 Å². The number of nitrogens with one attached hydrogen (secondary N) is 3. The lowest BCUT2D eigenvalue weighted by molar-refractivity contribution is 0.579. The SMILES string of the molecule is NNc1ccc(S(=O)(=O)NCc2nn[nH]n2)cc1. The number of aromatic nitrogens is 4. The summed E-state index contributed by atoms with van der Waals surface area (Å²) in [5, 5.41) is 12.8. The molecule has 0 aliphatic heterocycles. The lowest BCUT2D eigenvalue weighted by Gasteiger charge is -2.05. The third kappa shape index (κ3) is 2.80. The molecule has 0 saturated heterocycles. The van der Waals surface area contributed by atoms with Gasteiger partial charge in [-0.1, -0.05) is 5.21 Å². The molecule has 0 aliphatic rings. The Hall–Kier alpha value is -2.04. The molecule has 2 aromatic rings. The predicted molar refractivity (Wildman–Crippen MR) is 62.5 cm³/mol. The van der Waals surface area contributed by atoms with E-state index in [1.54, 1.807) is 12.1 Å². The molecule has 5 N–H and O–H groups in total. The van der Waals surface area contributed by atoms with E-state index >= 15 is 0 Å². The largest absolute Gasteiger partial charge is 0.324 e. The Morgan fingerprint density at radius 2 is 2.00 bits per heavy atom. The molecule has 1 aromatic carbocycles. The fourth-order valence-corrected chi connectivity index (χ4v) is 2.21. The number of tetrazole rings is 1. The predicted octanol–water partition coefficient (Wildman–Crippen LogP) is -1.04. The Balaban J connectivity index is 2.09. The summed E-state index contributed by atoms with van der Waals surface area (Å²) in [7, 11) is -3.60. The first-order valence-corrected chi connectivity index (χ1v) is 6.39. The number of benzene rings is 1. The van der Waals surface area contributed by atoms with Crippen molar-refractivity contribution in [2.24, 2.45) is 5.84 Å². The average Bonchev–Trinajstić information content (AvgIpc) is 2.90. The van der Waals surface area contributed by atoms with Gasteiger partial charge in [0.25, 0.3) is 0 Å². The van der Waals surface area contributed by atoms with Crippen LogP contribution in [0.15, 0.2) is 29.2 Å². The van der Waals surface area contributed by atoms with E-state index in [1.807, 2.05) is 0 Å². The van der Waals surface area contributed by atoms with Gasteiger partial charge >= 0.3 is 0 Å². The number of sulfonamides is 1. The van der Waals surface area contributed by atoms with Crippen molar-refractivity contribution < 1.29 is 8.42 Å². The maximum Gasteiger partial charge on any atom is 0.240 e. The molecule has 1 aromatic heterocycles. The highest BCUT2D eigenvalue weighted by atomic mass is 32.2. The van der Waals surface area contributed by atoms with Crippen molar-refractivity contribution in [1.29, 1.82) is 0 Å². The van der Waals surface area contributed by atoms with Gasteiger partial charge in [0.1, 0.15) is 0 Å². The Morgan fingerprint density at radius 1 is 1.28 bits per heavy atom. The first kappa shape index (κ1) is 12.4. The molecule has 0 spiro atoms. The number of aromatic amines is 1. The highest BCUT2D eigenvalue weighted by molar-refractivity contribution is 7.89. The van der Waals surface area contributed by atoms with E-state index in [1.165, 1.54) is 12.1 Å². The summed E-state index contributed by atoms with van der Waals surface area (Å²) in [6.45, 7) is -0.0320. The fraction of sp³-hybridized carbons (Fsp3) is 0.125. The number of H-pyrrole nitrogens is 1. The van der Waals surface area contributed by atoms with E-state index in [-0.39, 0.29) is 17.3 Å². The average molecular weight is 269 g/mol. The van der Waals surface area contributed by atoms with Crippen LogP contribution in [-0.4, -0.2) is 29.0 Å². The smallest absolute Gasteiger partial charge is 0.240 e. The maximum absolute atomic E-state index is 11.9. The summed E-state index contributed by atoms with van der Waals surface area (Å²) in [4.78, 5) is 0.130. The molecule has 0 atom stereocenters. The summed E-state index contributed by atoms with van der Waals surface area (Å²) in [6.07, 6.45) is 0. The summed E-state index contributed by atoms with van der Waals surface area (Å²) in [5.41, 5.74) is 3.03. The second kappa shape index (κ2) is 5.08. The van der Waals surface area contributed by atoms with E-state index in [2.05, 4.69) is 30.8 Å². The molecule has 0 bridgehead atoms. The second-order valence-corrected chi connectivity index (χ2v) is 5.09. The molecule has 0 unspecified atom stereocenters. The van der Waals surface area contributed by atoms with Crippen molar-refractivity contribution in [3.8, 4) is 0 Å². The molecule has 18 heavy (non-hydrogen) atoms. The number of hydrogen-bond acceptors (Lipinski definition) is 7. The van der Waals surface area contributed by atoms with Crippen LogP contribution in [0.25, 0.3) is 0 Å². The van der Waals surface area contributed by atoms with Crippen molar-refractivity contribution in [1.82, 2.24) is 25.3 Å². The highest BCUT2D eigenvalue weighted by Crippen LogP contribution is 2.12. The third-order valence-corrected chi connectivity index (χ3v) is 3.56. The number of anilines is 1. The molecular weight excluding hydrogens is 258 g/mol. The van der Waals surface area contributed by atoms with Crippen LogP contribution in [0.5, 0.6) is 0 Å². The summed E-state index contributed by atoms with van der Waals surface area (Å²) in [6, 6.07) is 5.99. The van der Waals surface area contributed by atoms with Crippen LogP contribution in [0.2, 0.25) is 0 Å². The number of nitrogen functional groups attached to an aromatic ring is 1. The van der Waals surface area contributed by atoms with E-state index in [9.17, 15) is 8.42 Å². The summed E-state index contributed by atoms with van der Waals surface area (Å²) < 4.78 is 26.1. The third-order valence-electron chi connectivity index (χ3n) is 2.14. The lowest BCUT2D eigenvalue weighted by Crippen LogP contribution is -2.23. The van der Waals surface area contributed by atoms with Gasteiger partial charge in [0.2, 0.25) is 10.0 Å². The van der Waals surface area contributed by atoms with Crippen LogP contribution in [0, 0.1) is 0 Å². The monoisotopic (exact) mass is 269 g/mol. The lowest BCUT2D eigenvalue weighted by atomic mass is 10.3. The standard InChI is InChI=1S/C8H11N7O2S/c9-11-6-1-3-7(4-2-6)18(16,17)10-5-8-12-14-15-13-8/h1-4,10-11H,5,9H2,(H,12,13,14,15). The van der Waals surface area contributed by atoms with Crippen LogP contribution >= 0.6 is 0 Å². The van der Waals surface area contributed by atoms with Crippen molar-refractivity contribution in [3.63, 3.8) is 0 Å². The molecule has 2 rings (SSSR count). The zero-order valence-electron chi connectivity index (χ0n) is 9.16. The maximum atomic E-state index is 11.9. The van der Waals surface area contributed by atoms with Gasteiger partial charge in [-0.15, -0.1) is 10.2 Å². The minimum absolute atomic E-state index is 0.0320. The van der Waals surface area contributed by atoms with Gasteiger partial charge in [0.05, 0.1) is 11.4 Å². The Bertz CT molecular complexity index is 593. The molecule has 0 saturated carbocycles. The van der Waals surface area contributed by atoms with E-state index < -0.39 is 10.0 Å².